The molecule has 35 heavy (non-hydrogen) atoms. The number of aromatic carboxylic acids is 1. The van der Waals surface area contributed by atoms with Crippen LogP contribution in [0.1, 0.15) is 108 Å². The Balaban J connectivity index is 1.30. The number of carboxylic acid groups (broad SMARTS) is 1. The smallest absolute Gasteiger partial charge is 0.337 e. The van der Waals surface area contributed by atoms with Crippen molar-refractivity contribution in [2.24, 2.45) is 51.8 Å². The van der Waals surface area contributed by atoms with Crippen molar-refractivity contribution < 1.29 is 9.90 Å². The summed E-state index contributed by atoms with van der Waals surface area (Å²) in [6.45, 7) is 10.1. The molecule has 0 saturated heterocycles. The highest BCUT2D eigenvalue weighted by Gasteiger charge is 2.60. The van der Waals surface area contributed by atoms with E-state index in [0.29, 0.717) is 21.8 Å². The van der Waals surface area contributed by atoms with Gasteiger partial charge in [-0.25, -0.2) is 4.79 Å². The summed E-state index contributed by atoms with van der Waals surface area (Å²) in [5.74, 6) is 4.44. The monoisotopic (exact) mass is 494 g/mol. The van der Waals surface area contributed by atoms with Crippen LogP contribution in [0, 0.1) is 51.8 Å². The third-order valence-corrected chi connectivity index (χ3v) is 12.7. The summed E-state index contributed by atoms with van der Waals surface area (Å²) in [4.78, 5) is 11.5. The molecule has 5 aliphatic carbocycles. The maximum absolute atomic E-state index is 11.5. The number of halogens is 1. The van der Waals surface area contributed by atoms with Crippen LogP contribution in [0.2, 0.25) is 5.02 Å². The number of carbonyl (C=O) groups is 1. The fourth-order valence-electron chi connectivity index (χ4n) is 10.9. The van der Waals surface area contributed by atoms with Crippen LogP contribution in [0.15, 0.2) is 24.3 Å². The highest BCUT2D eigenvalue weighted by molar-refractivity contribution is 6.33. The van der Waals surface area contributed by atoms with Gasteiger partial charge in [0.2, 0.25) is 0 Å². The first-order valence-corrected chi connectivity index (χ1v) is 14.7. The molecule has 0 radical (unpaired) electrons. The standard InChI is InChI=1S/C32H43ClO2/c1-30(2)24(19-7-8-23(29(34)35)27(33)18-19)14-17-32(4)26-11-9-21-20(22(26)10-12-28(30)32)13-16-31(3)15-5-6-25(21)31/h7-8,14,18,20-22,25-26,28H,5-6,9-13,15-17H2,1-4H3,(H,34,35)/t20?,21?,22?,25?,26?,28?,31-,32-/m1/s1. The van der Waals surface area contributed by atoms with Gasteiger partial charge in [-0.3, -0.25) is 0 Å². The fraction of sp³-hybridized carbons (Fsp3) is 0.719. The van der Waals surface area contributed by atoms with Crippen LogP contribution < -0.4 is 0 Å². The number of hydrogen-bond acceptors (Lipinski definition) is 1. The average molecular weight is 495 g/mol. The quantitative estimate of drug-likeness (QED) is 0.445. The maximum atomic E-state index is 11.5. The molecule has 1 aromatic rings. The molecule has 0 bridgehead atoms. The van der Waals surface area contributed by atoms with E-state index in [9.17, 15) is 9.90 Å². The zero-order valence-corrected chi connectivity index (χ0v) is 22.8. The maximum Gasteiger partial charge on any atom is 0.337 e. The molecule has 0 aromatic heterocycles. The van der Waals surface area contributed by atoms with E-state index in [1.54, 1.807) is 6.07 Å². The topological polar surface area (TPSA) is 37.3 Å². The van der Waals surface area contributed by atoms with Gasteiger partial charge < -0.3 is 5.11 Å². The molecule has 1 aromatic carbocycles. The second-order valence-electron chi connectivity index (χ2n) is 14.0. The lowest BCUT2D eigenvalue weighted by Crippen LogP contribution is -2.56. The molecule has 0 spiro atoms. The fourth-order valence-corrected chi connectivity index (χ4v) is 11.2. The van der Waals surface area contributed by atoms with E-state index in [-0.39, 0.29) is 11.0 Å². The third-order valence-electron chi connectivity index (χ3n) is 12.4. The highest BCUT2D eigenvalue weighted by Crippen LogP contribution is 2.69. The lowest BCUT2D eigenvalue weighted by atomic mass is 9.41. The summed E-state index contributed by atoms with van der Waals surface area (Å²) in [5.41, 5.74) is 3.73. The van der Waals surface area contributed by atoms with Crippen LogP contribution in [-0.4, -0.2) is 11.1 Å². The van der Waals surface area contributed by atoms with Crippen molar-refractivity contribution in [2.75, 3.05) is 0 Å². The highest BCUT2D eigenvalue weighted by atomic mass is 35.5. The molecule has 0 aliphatic heterocycles. The van der Waals surface area contributed by atoms with Crippen molar-refractivity contribution in [1.82, 2.24) is 0 Å². The molecule has 0 amide bonds. The first kappa shape index (κ1) is 24.1. The van der Waals surface area contributed by atoms with E-state index >= 15 is 0 Å². The minimum absolute atomic E-state index is 0.0550. The molecule has 6 unspecified atom stereocenters. The molecule has 0 heterocycles. The Morgan fingerprint density at radius 3 is 2.40 bits per heavy atom. The normalized spacial score (nSPS) is 43.9. The van der Waals surface area contributed by atoms with Gasteiger partial charge in [0, 0.05) is 0 Å². The Morgan fingerprint density at radius 2 is 1.66 bits per heavy atom. The van der Waals surface area contributed by atoms with Crippen LogP contribution in [0.4, 0.5) is 0 Å². The minimum atomic E-state index is -0.958. The lowest BCUT2D eigenvalue weighted by molar-refractivity contribution is -0.127. The minimum Gasteiger partial charge on any atom is -0.478 e. The van der Waals surface area contributed by atoms with Crippen LogP contribution in [-0.2, 0) is 0 Å². The van der Waals surface area contributed by atoms with E-state index in [1.165, 1.54) is 63.4 Å². The molecule has 6 rings (SSSR count). The van der Waals surface area contributed by atoms with Crippen LogP contribution in [0.5, 0.6) is 0 Å². The Labute approximate surface area is 216 Å². The van der Waals surface area contributed by atoms with Gasteiger partial charge in [0.25, 0.3) is 0 Å². The van der Waals surface area contributed by atoms with Gasteiger partial charge in [0.05, 0.1) is 10.6 Å². The van der Waals surface area contributed by atoms with Gasteiger partial charge in [-0.2, -0.15) is 0 Å². The summed E-state index contributed by atoms with van der Waals surface area (Å²) in [7, 11) is 0. The predicted octanol–water partition coefficient (Wildman–Crippen LogP) is 9.13. The van der Waals surface area contributed by atoms with Gasteiger partial charge in [-0.1, -0.05) is 57.9 Å². The van der Waals surface area contributed by atoms with Crippen LogP contribution in [0.25, 0.3) is 5.57 Å². The van der Waals surface area contributed by atoms with E-state index in [0.717, 1.165) is 41.6 Å². The second kappa shape index (κ2) is 8.11. The molecule has 190 valence electrons. The summed E-state index contributed by atoms with van der Waals surface area (Å²) in [6, 6.07) is 5.55. The van der Waals surface area contributed by atoms with Crippen LogP contribution in [0.3, 0.4) is 0 Å². The van der Waals surface area contributed by atoms with Crippen molar-refractivity contribution in [3.05, 3.63) is 40.4 Å². The number of rotatable bonds is 2. The predicted molar refractivity (Wildman–Crippen MR) is 143 cm³/mol. The molecule has 1 N–H and O–H groups in total. The van der Waals surface area contributed by atoms with E-state index in [2.05, 4.69) is 33.8 Å². The molecule has 8 atom stereocenters. The number of hydrogen-bond donors (Lipinski definition) is 1. The van der Waals surface area contributed by atoms with Gasteiger partial charge >= 0.3 is 5.97 Å². The van der Waals surface area contributed by atoms with E-state index in [1.807, 2.05) is 12.1 Å². The van der Waals surface area contributed by atoms with Crippen molar-refractivity contribution >= 4 is 23.1 Å². The molecular formula is C32H43ClO2. The zero-order chi connectivity index (χ0) is 24.8. The summed E-state index contributed by atoms with van der Waals surface area (Å²) in [5, 5.41) is 9.76. The first-order valence-electron chi connectivity index (χ1n) is 14.3. The van der Waals surface area contributed by atoms with E-state index < -0.39 is 5.97 Å². The number of carboxylic acids is 1. The average Bonchev–Trinajstić information content (AvgIpc) is 3.20. The van der Waals surface area contributed by atoms with E-state index in [4.69, 9.17) is 11.6 Å². The molecule has 3 heteroatoms. The number of benzene rings is 1. The van der Waals surface area contributed by atoms with Gasteiger partial charge in [-0.15, -0.1) is 0 Å². The molecule has 4 fully saturated rings. The SMILES string of the molecule is CC1(C)C(c2ccc(C(=O)O)c(Cl)c2)=CC[C@]2(C)C3CCC4C(CC[C@@]5(C)CCCC45)C3CCC12. The second-order valence-corrected chi connectivity index (χ2v) is 14.5. The summed E-state index contributed by atoms with van der Waals surface area (Å²) < 4.78 is 0. The molecular weight excluding hydrogens is 452 g/mol. The molecule has 2 nitrogen and oxygen atoms in total. The Morgan fingerprint density at radius 1 is 0.914 bits per heavy atom. The number of allylic oxidation sites excluding steroid dienone is 2. The Bertz CT molecular complexity index is 1070. The lowest BCUT2D eigenvalue weighted by Gasteiger charge is -2.64. The Hall–Kier alpha value is -1.28. The summed E-state index contributed by atoms with van der Waals surface area (Å²) in [6.07, 6.45) is 16.7. The first-order chi connectivity index (χ1) is 16.6. The van der Waals surface area contributed by atoms with Crippen molar-refractivity contribution in [3.8, 4) is 0 Å². The van der Waals surface area contributed by atoms with Crippen LogP contribution >= 0.6 is 11.6 Å². The van der Waals surface area contributed by atoms with Gasteiger partial charge in [0.1, 0.15) is 0 Å². The van der Waals surface area contributed by atoms with Crippen molar-refractivity contribution in [1.29, 1.82) is 0 Å². The largest absolute Gasteiger partial charge is 0.478 e. The zero-order valence-electron chi connectivity index (χ0n) is 22.1. The van der Waals surface area contributed by atoms with Gasteiger partial charge in [-0.05, 0) is 133 Å². The Kier molecular flexibility index (Phi) is 5.58. The van der Waals surface area contributed by atoms with Crippen molar-refractivity contribution in [2.45, 2.75) is 91.9 Å². The van der Waals surface area contributed by atoms with Crippen molar-refractivity contribution in [3.63, 3.8) is 0 Å². The summed E-state index contributed by atoms with van der Waals surface area (Å²) >= 11 is 6.40. The third kappa shape index (κ3) is 3.44. The number of fused-ring (bicyclic) bond motifs is 7. The van der Waals surface area contributed by atoms with Gasteiger partial charge in [0.15, 0.2) is 0 Å². The molecule has 5 aliphatic rings. The molecule has 4 saturated carbocycles.